The number of aryl methyl sites for hydroxylation is 1. The van der Waals surface area contributed by atoms with E-state index in [0.717, 1.165) is 11.6 Å². The van der Waals surface area contributed by atoms with Gasteiger partial charge in [-0.1, -0.05) is 17.7 Å². The van der Waals surface area contributed by atoms with Crippen molar-refractivity contribution in [1.29, 1.82) is 0 Å². The average molecular weight is 255 g/mol. The standard InChI is InChI=1S/C13H9ClF2O/c1-7-2-3-8(15)4-9(7)10-5-11(14)12(16)6-13(10)17/h2-6,17H,1H3. The van der Waals surface area contributed by atoms with Crippen LogP contribution >= 0.6 is 11.6 Å². The van der Waals surface area contributed by atoms with Crippen molar-refractivity contribution in [3.63, 3.8) is 0 Å². The molecule has 0 amide bonds. The average Bonchev–Trinajstić information content (AvgIpc) is 2.27. The molecule has 0 fully saturated rings. The number of benzene rings is 2. The molecule has 2 aromatic carbocycles. The van der Waals surface area contributed by atoms with Gasteiger partial charge in [-0.05, 0) is 36.2 Å². The highest BCUT2D eigenvalue weighted by Gasteiger charge is 2.12. The van der Waals surface area contributed by atoms with Gasteiger partial charge >= 0.3 is 0 Å². The third kappa shape index (κ3) is 2.24. The van der Waals surface area contributed by atoms with Gasteiger partial charge in [0, 0.05) is 11.6 Å². The molecule has 0 saturated heterocycles. The molecule has 0 spiro atoms. The highest BCUT2D eigenvalue weighted by Crippen LogP contribution is 2.35. The summed E-state index contributed by atoms with van der Waals surface area (Å²) in [6, 6.07) is 6.39. The van der Waals surface area contributed by atoms with Gasteiger partial charge in [0.1, 0.15) is 17.4 Å². The summed E-state index contributed by atoms with van der Waals surface area (Å²) in [5, 5.41) is 9.55. The van der Waals surface area contributed by atoms with E-state index in [1.165, 1.54) is 18.2 Å². The smallest absolute Gasteiger partial charge is 0.145 e. The number of hydrogen-bond acceptors (Lipinski definition) is 1. The van der Waals surface area contributed by atoms with Crippen LogP contribution in [0.2, 0.25) is 5.02 Å². The zero-order valence-electron chi connectivity index (χ0n) is 8.97. The number of halogens is 3. The molecule has 0 aliphatic heterocycles. The molecule has 1 N–H and O–H groups in total. The number of hydrogen-bond donors (Lipinski definition) is 1. The van der Waals surface area contributed by atoms with Gasteiger partial charge in [0.25, 0.3) is 0 Å². The third-order valence-electron chi connectivity index (χ3n) is 2.53. The van der Waals surface area contributed by atoms with E-state index in [-0.39, 0.29) is 10.8 Å². The van der Waals surface area contributed by atoms with Crippen LogP contribution in [0.5, 0.6) is 5.75 Å². The van der Waals surface area contributed by atoms with Crippen LogP contribution < -0.4 is 0 Å². The molecule has 4 heteroatoms. The van der Waals surface area contributed by atoms with Crippen LogP contribution in [0.1, 0.15) is 5.56 Å². The normalized spacial score (nSPS) is 10.6. The van der Waals surface area contributed by atoms with E-state index in [4.69, 9.17) is 11.6 Å². The van der Waals surface area contributed by atoms with E-state index >= 15 is 0 Å². The molecule has 0 bridgehead atoms. The van der Waals surface area contributed by atoms with Crippen molar-refractivity contribution in [1.82, 2.24) is 0 Å². The largest absolute Gasteiger partial charge is 0.507 e. The topological polar surface area (TPSA) is 20.2 Å². The predicted molar refractivity (Wildman–Crippen MR) is 63.2 cm³/mol. The molecule has 0 heterocycles. The van der Waals surface area contributed by atoms with Crippen LogP contribution in [0.15, 0.2) is 30.3 Å². The molecule has 17 heavy (non-hydrogen) atoms. The summed E-state index contributed by atoms with van der Waals surface area (Å²) >= 11 is 5.65. The lowest BCUT2D eigenvalue weighted by Crippen LogP contribution is -1.88. The van der Waals surface area contributed by atoms with Crippen molar-refractivity contribution >= 4 is 11.6 Å². The second-order valence-electron chi connectivity index (χ2n) is 3.74. The first-order valence-electron chi connectivity index (χ1n) is 4.93. The fourth-order valence-electron chi connectivity index (χ4n) is 1.64. The third-order valence-corrected chi connectivity index (χ3v) is 2.82. The number of aromatic hydroxyl groups is 1. The lowest BCUT2D eigenvalue weighted by atomic mass is 9.99. The molecule has 2 rings (SSSR count). The zero-order valence-corrected chi connectivity index (χ0v) is 9.72. The van der Waals surface area contributed by atoms with Gasteiger partial charge in [0.2, 0.25) is 0 Å². The van der Waals surface area contributed by atoms with Crippen molar-refractivity contribution < 1.29 is 13.9 Å². The number of phenols is 1. The van der Waals surface area contributed by atoms with Crippen LogP contribution in [0.3, 0.4) is 0 Å². The summed E-state index contributed by atoms with van der Waals surface area (Å²) in [7, 11) is 0. The Morgan fingerprint density at radius 3 is 2.47 bits per heavy atom. The highest BCUT2D eigenvalue weighted by atomic mass is 35.5. The van der Waals surface area contributed by atoms with Crippen molar-refractivity contribution in [2.45, 2.75) is 6.92 Å². The molecular formula is C13H9ClF2O. The lowest BCUT2D eigenvalue weighted by Gasteiger charge is -2.09. The summed E-state index contributed by atoms with van der Waals surface area (Å²) in [6.45, 7) is 1.77. The summed E-state index contributed by atoms with van der Waals surface area (Å²) < 4.78 is 26.2. The first kappa shape index (κ1) is 11.9. The van der Waals surface area contributed by atoms with Crippen molar-refractivity contribution in [2.75, 3.05) is 0 Å². The maximum Gasteiger partial charge on any atom is 0.145 e. The van der Waals surface area contributed by atoms with E-state index in [1.807, 2.05) is 0 Å². The fourth-order valence-corrected chi connectivity index (χ4v) is 1.80. The molecule has 0 atom stereocenters. The molecule has 0 aromatic heterocycles. The van der Waals surface area contributed by atoms with Gasteiger partial charge in [0.05, 0.1) is 5.02 Å². The van der Waals surface area contributed by atoms with E-state index in [0.29, 0.717) is 11.1 Å². The molecule has 0 aliphatic carbocycles. The highest BCUT2D eigenvalue weighted by molar-refractivity contribution is 6.31. The Balaban J connectivity index is 2.68. The summed E-state index contributed by atoms with van der Waals surface area (Å²) in [4.78, 5) is 0. The second-order valence-corrected chi connectivity index (χ2v) is 4.15. The fraction of sp³-hybridized carbons (Fsp3) is 0.0769. The van der Waals surface area contributed by atoms with E-state index in [2.05, 4.69) is 0 Å². The zero-order chi connectivity index (χ0) is 12.6. The van der Waals surface area contributed by atoms with Crippen LogP contribution in [-0.2, 0) is 0 Å². The number of rotatable bonds is 1. The molecule has 0 radical (unpaired) electrons. The lowest BCUT2D eigenvalue weighted by molar-refractivity contribution is 0.471. The Morgan fingerprint density at radius 1 is 1.06 bits per heavy atom. The molecule has 0 saturated carbocycles. The van der Waals surface area contributed by atoms with Crippen molar-refractivity contribution in [3.05, 3.63) is 52.6 Å². The summed E-state index contributed by atoms with van der Waals surface area (Å²) in [5.41, 5.74) is 1.57. The maximum absolute atomic E-state index is 13.2. The molecule has 2 aromatic rings. The SMILES string of the molecule is Cc1ccc(F)cc1-c1cc(Cl)c(F)cc1O. The Morgan fingerprint density at radius 2 is 1.76 bits per heavy atom. The van der Waals surface area contributed by atoms with Gasteiger partial charge in [-0.25, -0.2) is 8.78 Å². The Kier molecular flexibility index (Phi) is 3.03. The molecule has 88 valence electrons. The first-order valence-corrected chi connectivity index (χ1v) is 5.31. The first-order chi connectivity index (χ1) is 7.99. The van der Waals surface area contributed by atoms with Crippen molar-refractivity contribution in [2.24, 2.45) is 0 Å². The Labute approximate surface area is 102 Å². The summed E-state index contributed by atoms with van der Waals surface area (Å²) in [5.74, 6) is -1.40. The molecule has 0 unspecified atom stereocenters. The minimum absolute atomic E-state index is 0.110. The van der Waals surface area contributed by atoms with Crippen LogP contribution in [0, 0.1) is 18.6 Å². The minimum atomic E-state index is -0.707. The van der Waals surface area contributed by atoms with Gasteiger partial charge in [-0.3, -0.25) is 0 Å². The molecular weight excluding hydrogens is 246 g/mol. The minimum Gasteiger partial charge on any atom is -0.507 e. The maximum atomic E-state index is 13.2. The monoisotopic (exact) mass is 254 g/mol. The van der Waals surface area contributed by atoms with E-state index in [1.54, 1.807) is 13.0 Å². The molecule has 0 aliphatic rings. The summed E-state index contributed by atoms with van der Waals surface area (Å²) in [6.07, 6.45) is 0. The quantitative estimate of drug-likeness (QED) is 0.804. The van der Waals surface area contributed by atoms with Gasteiger partial charge < -0.3 is 5.11 Å². The van der Waals surface area contributed by atoms with Crippen LogP contribution in [0.25, 0.3) is 11.1 Å². The molecule has 1 nitrogen and oxygen atoms in total. The van der Waals surface area contributed by atoms with E-state index < -0.39 is 11.6 Å². The predicted octanol–water partition coefficient (Wildman–Crippen LogP) is 4.30. The van der Waals surface area contributed by atoms with Gasteiger partial charge in [0.15, 0.2) is 0 Å². The van der Waals surface area contributed by atoms with Gasteiger partial charge in [-0.2, -0.15) is 0 Å². The Hall–Kier alpha value is -1.61. The van der Waals surface area contributed by atoms with E-state index in [9.17, 15) is 13.9 Å². The van der Waals surface area contributed by atoms with Crippen LogP contribution in [-0.4, -0.2) is 5.11 Å². The van der Waals surface area contributed by atoms with Gasteiger partial charge in [-0.15, -0.1) is 0 Å². The Bertz CT molecular complexity index is 582. The van der Waals surface area contributed by atoms with Crippen molar-refractivity contribution in [3.8, 4) is 16.9 Å². The van der Waals surface area contributed by atoms with Crippen LogP contribution in [0.4, 0.5) is 8.78 Å². The second kappa shape index (κ2) is 4.34. The number of phenolic OH excluding ortho intramolecular Hbond substituents is 1.